The average Bonchev–Trinajstić information content (AvgIpc) is 3.01. The van der Waals surface area contributed by atoms with Gasteiger partial charge in [-0.05, 0) is 17.5 Å². The van der Waals surface area contributed by atoms with Crippen LogP contribution in [0.25, 0.3) is 0 Å². The Bertz CT molecular complexity index is 630. The van der Waals surface area contributed by atoms with Gasteiger partial charge in [-0.25, -0.2) is 0 Å². The molecule has 0 amide bonds. The van der Waals surface area contributed by atoms with Gasteiger partial charge in [-0.3, -0.25) is 9.59 Å². The number of carbonyl (C=O) groups excluding carboxylic acids is 2. The molecule has 0 fully saturated rings. The van der Waals surface area contributed by atoms with Crippen molar-refractivity contribution in [1.82, 2.24) is 0 Å². The molecule has 0 radical (unpaired) electrons. The molecule has 0 aromatic carbocycles. The second-order valence-corrected chi connectivity index (χ2v) is 5.89. The van der Waals surface area contributed by atoms with E-state index in [4.69, 9.17) is 0 Å². The molecule has 90 valence electrons. The van der Waals surface area contributed by atoms with Crippen LogP contribution in [0.2, 0.25) is 0 Å². The molecule has 1 aliphatic carbocycles. The first kappa shape index (κ1) is 11.5. The van der Waals surface area contributed by atoms with Gasteiger partial charge in [0.05, 0.1) is 9.75 Å². The third-order valence-corrected chi connectivity index (χ3v) is 4.95. The quantitative estimate of drug-likeness (QED) is 0.732. The van der Waals surface area contributed by atoms with Crippen molar-refractivity contribution in [2.24, 2.45) is 0 Å². The third-order valence-electron chi connectivity index (χ3n) is 2.83. The van der Waals surface area contributed by atoms with Gasteiger partial charge < -0.3 is 5.11 Å². The topological polar surface area (TPSA) is 54.4 Å². The Morgan fingerprint density at radius 1 is 1.22 bits per heavy atom. The number of ketones is 2. The summed E-state index contributed by atoms with van der Waals surface area (Å²) in [5, 5.41) is 11.4. The highest BCUT2D eigenvalue weighted by molar-refractivity contribution is 7.17. The average molecular weight is 276 g/mol. The van der Waals surface area contributed by atoms with Gasteiger partial charge in [0.15, 0.2) is 5.78 Å². The molecule has 1 atom stereocenters. The minimum absolute atomic E-state index is 0.123. The van der Waals surface area contributed by atoms with Gasteiger partial charge in [0.1, 0.15) is 6.10 Å². The van der Waals surface area contributed by atoms with Crippen LogP contribution in [0.1, 0.15) is 41.5 Å². The van der Waals surface area contributed by atoms with Crippen molar-refractivity contribution in [3.05, 3.63) is 55.9 Å². The summed E-state index contributed by atoms with van der Waals surface area (Å²) < 4.78 is 0. The third kappa shape index (κ3) is 1.45. The summed E-state index contributed by atoms with van der Waals surface area (Å²) in [7, 11) is 0. The summed E-state index contributed by atoms with van der Waals surface area (Å²) in [6, 6.07) is 3.26. The van der Waals surface area contributed by atoms with Crippen molar-refractivity contribution in [3.8, 4) is 0 Å². The highest BCUT2D eigenvalue weighted by atomic mass is 32.1. The lowest BCUT2D eigenvalue weighted by Crippen LogP contribution is -2.15. The Morgan fingerprint density at radius 2 is 2.00 bits per heavy atom. The van der Waals surface area contributed by atoms with Crippen molar-refractivity contribution in [3.63, 3.8) is 0 Å². The van der Waals surface area contributed by atoms with Gasteiger partial charge in [0.2, 0.25) is 5.78 Å². The van der Waals surface area contributed by atoms with Crippen LogP contribution < -0.4 is 0 Å². The highest BCUT2D eigenvalue weighted by Crippen LogP contribution is 2.37. The molecule has 2 aromatic heterocycles. The van der Waals surface area contributed by atoms with E-state index in [1.54, 1.807) is 17.5 Å². The van der Waals surface area contributed by atoms with E-state index in [2.05, 4.69) is 6.58 Å². The van der Waals surface area contributed by atoms with Gasteiger partial charge in [-0.15, -0.1) is 29.3 Å². The monoisotopic (exact) mass is 276 g/mol. The lowest BCUT2D eigenvalue weighted by molar-refractivity contribution is 0.0985. The molecule has 0 saturated carbocycles. The molecule has 0 saturated heterocycles. The minimum Gasteiger partial charge on any atom is -0.383 e. The molecule has 3 nitrogen and oxygen atoms in total. The van der Waals surface area contributed by atoms with E-state index >= 15 is 0 Å². The summed E-state index contributed by atoms with van der Waals surface area (Å²) in [5.74, 6) is -0.262. The maximum atomic E-state index is 12.2. The van der Waals surface area contributed by atoms with Crippen molar-refractivity contribution >= 4 is 34.2 Å². The Labute approximate surface area is 111 Å². The highest BCUT2D eigenvalue weighted by Gasteiger charge is 2.33. The van der Waals surface area contributed by atoms with Gasteiger partial charge in [-0.1, -0.05) is 6.08 Å². The summed E-state index contributed by atoms with van der Waals surface area (Å²) in [5.41, 5.74) is 0.863. The van der Waals surface area contributed by atoms with E-state index < -0.39 is 6.10 Å². The molecule has 5 heteroatoms. The number of rotatable bonds is 2. The smallest absolute Gasteiger partial charge is 0.214 e. The number of aliphatic hydroxyl groups is 1. The zero-order valence-electron chi connectivity index (χ0n) is 9.17. The van der Waals surface area contributed by atoms with Crippen molar-refractivity contribution < 1.29 is 14.7 Å². The molecule has 2 aromatic rings. The lowest BCUT2D eigenvalue weighted by Gasteiger charge is -2.08. The molecule has 1 N–H and O–H groups in total. The number of fused-ring (bicyclic) bond motifs is 2. The first-order valence-electron chi connectivity index (χ1n) is 5.24. The molecule has 1 unspecified atom stereocenters. The van der Waals surface area contributed by atoms with Crippen LogP contribution in [-0.2, 0) is 0 Å². The maximum Gasteiger partial charge on any atom is 0.214 e. The first-order valence-corrected chi connectivity index (χ1v) is 6.94. The fourth-order valence-electron chi connectivity index (χ4n) is 1.92. The molecule has 1 aliphatic rings. The van der Waals surface area contributed by atoms with Crippen LogP contribution in [0.4, 0.5) is 0 Å². The van der Waals surface area contributed by atoms with Gasteiger partial charge in [-0.2, -0.15) is 0 Å². The van der Waals surface area contributed by atoms with Crippen LogP contribution in [0, 0.1) is 0 Å². The first-order chi connectivity index (χ1) is 8.63. The van der Waals surface area contributed by atoms with Gasteiger partial charge >= 0.3 is 0 Å². The molecule has 18 heavy (non-hydrogen) atoms. The summed E-state index contributed by atoms with van der Waals surface area (Å²) in [6.07, 6.45) is 0.543. The molecule has 0 spiro atoms. The second kappa shape index (κ2) is 3.98. The largest absolute Gasteiger partial charge is 0.383 e. The van der Waals surface area contributed by atoms with Crippen molar-refractivity contribution in [2.45, 2.75) is 6.10 Å². The summed E-state index contributed by atoms with van der Waals surface area (Å²) in [4.78, 5) is 25.9. The van der Waals surface area contributed by atoms with Crippen LogP contribution in [-0.4, -0.2) is 16.7 Å². The van der Waals surface area contributed by atoms with Crippen molar-refractivity contribution in [2.75, 3.05) is 0 Å². The SMILES string of the molecule is C=CC(O)c1cc2c(s1)C(=O)c1sccc1C2=O. The summed E-state index contributed by atoms with van der Waals surface area (Å²) in [6.45, 7) is 3.50. The van der Waals surface area contributed by atoms with Crippen LogP contribution in [0.5, 0.6) is 0 Å². The molecular formula is C13H8O3S2. The van der Waals surface area contributed by atoms with E-state index in [0.717, 1.165) is 11.3 Å². The van der Waals surface area contributed by atoms with Crippen molar-refractivity contribution in [1.29, 1.82) is 0 Å². The predicted octanol–water partition coefficient (Wildman–Crippen LogP) is 2.80. The number of thiophene rings is 2. The van der Waals surface area contributed by atoms with Gasteiger partial charge in [0, 0.05) is 16.0 Å². The van der Waals surface area contributed by atoms with E-state index in [9.17, 15) is 14.7 Å². The van der Waals surface area contributed by atoms with Crippen LogP contribution >= 0.6 is 22.7 Å². The number of aliphatic hydroxyl groups excluding tert-OH is 1. The fourth-order valence-corrected chi connectivity index (χ4v) is 3.91. The van der Waals surface area contributed by atoms with E-state index in [1.807, 2.05) is 0 Å². The number of carbonyl (C=O) groups is 2. The zero-order chi connectivity index (χ0) is 12.9. The molecular weight excluding hydrogens is 268 g/mol. The van der Waals surface area contributed by atoms with Crippen LogP contribution in [0.3, 0.4) is 0 Å². The lowest BCUT2D eigenvalue weighted by atomic mass is 9.95. The van der Waals surface area contributed by atoms with Crippen LogP contribution in [0.15, 0.2) is 30.2 Å². The maximum absolute atomic E-state index is 12.2. The van der Waals surface area contributed by atoms with Gasteiger partial charge in [0.25, 0.3) is 0 Å². The Balaban J connectivity index is 2.19. The number of hydrogen-bond acceptors (Lipinski definition) is 5. The molecule has 3 rings (SSSR count). The fraction of sp³-hybridized carbons (Fsp3) is 0.0769. The molecule has 0 bridgehead atoms. The summed E-state index contributed by atoms with van der Waals surface area (Å²) >= 11 is 2.44. The molecule has 2 heterocycles. The Morgan fingerprint density at radius 3 is 2.72 bits per heavy atom. The van der Waals surface area contributed by atoms with E-state index in [0.29, 0.717) is 25.8 Å². The standard InChI is InChI=1S/C13H8O3S2/c1-2-8(14)9-5-7-10(15)6-3-4-17-12(6)11(16)13(7)18-9/h2-5,8,14H,1H2. The molecule has 0 aliphatic heterocycles. The zero-order valence-corrected chi connectivity index (χ0v) is 10.8. The van der Waals surface area contributed by atoms with E-state index in [-0.39, 0.29) is 11.6 Å². The van der Waals surface area contributed by atoms with E-state index in [1.165, 1.54) is 17.4 Å². The Hall–Kier alpha value is -1.56. The minimum atomic E-state index is -0.834. The normalized spacial score (nSPS) is 15.2. The number of hydrogen-bond donors (Lipinski definition) is 1. The second-order valence-electron chi connectivity index (χ2n) is 3.89. The Kier molecular flexibility index (Phi) is 2.55. The predicted molar refractivity (Wildman–Crippen MR) is 70.7 cm³/mol.